The van der Waals surface area contributed by atoms with Crippen LogP contribution in [0.4, 0.5) is 0 Å². The maximum absolute atomic E-state index is 13.2. The summed E-state index contributed by atoms with van der Waals surface area (Å²) in [4.78, 5) is 0.194. The van der Waals surface area contributed by atoms with Crippen LogP contribution in [0.2, 0.25) is 0 Å². The van der Waals surface area contributed by atoms with E-state index in [9.17, 15) is 16.8 Å². The minimum atomic E-state index is -3.70. The van der Waals surface area contributed by atoms with Gasteiger partial charge in [-0.15, -0.1) is 0 Å². The minimum absolute atomic E-state index is 0.0939. The molecular formula is C20H25NO5S2. The largest absolute Gasteiger partial charge is 0.474 e. The summed E-state index contributed by atoms with van der Waals surface area (Å²) in [6, 6.07) is 11.2. The SMILES string of the molecule is Cc1ccc(C)c(OC2NCCCC2S(=O)(=O)c2ccc(S(C)(=O)=O)cc2)c1. The number of hydrogen-bond acceptors (Lipinski definition) is 6. The smallest absolute Gasteiger partial charge is 0.186 e. The van der Waals surface area contributed by atoms with Crippen LogP contribution in [0.1, 0.15) is 24.0 Å². The molecule has 1 N–H and O–H groups in total. The quantitative estimate of drug-likeness (QED) is 0.795. The van der Waals surface area contributed by atoms with Gasteiger partial charge in [-0.1, -0.05) is 12.1 Å². The lowest BCUT2D eigenvalue weighted by Gasteiger charge is -2.33. The number of sulfone groups is 2. The molecule has 1 aliphatic heterocycles. The Kier molecular flexibility index (Phi) is 5.84. The molecule has 8 heteroatoms. The summed E-state index contributed by atoms with van der Waals surface area (Å²) in [6.07, 6.45) is 1.61. The maximum atomic E-state index is 13.2. The van der Waals surface area contributed by atoms with Crippen molar-refractivity contribution in [3.05, 3.63) is 53.6 Å². The molecule has 0 spiro atoms. The van der Waals surface area contributed by atoms with E-state index in [0.717, 1.165) is 23.8 Å². The van der Waals surface area contributed by atoms with Gasteiger partial charge in [-0.25, -0.2) is 16.8 Å². The molecule has 28 heavy (non-hydrogen) atoms. The summed E-state index contributed by atoms with van der Waals surface area (Å²) in [5, 5.41) is 2.42. The fourth-order valence-corrected chi connectivity index (χ4v) is 5.74. The van der Waals surface area contributed by atoms with Crippen molar-refractivity contribution in [2.45, 2.75) is 48.0 Å². The van der Waals surface area contributed by atoms with E-state index in [1.165, 1.54) is 24.3 Å². The van der Waals surface area contributed by atoms with Gasteiger partial charge in [0.15, 0.2) is 25.9 Å². The van der Waals surface area contributed by atoms with E-state index in [0.29, 0.717) is 18.7 Å². The Morgan fingerprint density at radius 1 is 0.964 bits per heavy atom. The first-order chi connectivity index (χ1) is 13.1. The normalized spacial score (nSPS) is 20.7. The van der Waals surface area contributed by atoms with Crippen LogP contribution in [0.15, 0.2) is 52.3 Å². The fraction of sp³-hybridized carbons (Fsp3) is 0.400. The molecule has 1 aliphatic rings. The van der Waals surface area contributed by atoms with E-state index in [1.54, 1.807) is 0 Å². The predicted octanol–water partition coefficient (Wildman–Crippen LogP) is 2.64. The Morgan fingerprint density at radius 3 is 2.25 bits per heavy atom. The molecule has 0 aliphatic carbocycles. The van der Waals surface area contributed by atoms with Crippen LogP contribution >= 0.6 is 0 Å². The number of aryl methyl sites for hydroxylation is 2. The Labute approximate surface area is 166 Å². The Bertz CT molecular complexity index is 1060. The van der Waals surface area contributed by atoms with E-state index in [4.69, 9.17) is 4.74 Å². The van der Waals surface area contributed by atoms with Gasteiger partial charge in [-0.2, -0.15) is 0 Å². The lowest BCUT2D eigenvalue weighted by Crippen LogP contribution is -2.52. The van der Waals surface area contributed by atoms with Crippen LogP contribution in [-0.2, 0) is 19.7 Å². The molecule has 2 aromatic carbocycles. The van der Waals surface area contributed by atoms with Crippen LogP contribution in [0.3, 0.4) is 0 Å². The molecule has 0 aromatic heterocycles. The molecule has 152 valence electrons. The molecule has 0 bridgehead atoms. The van der Waals surface area contributed by atoms with Gasteiger partial charge >= 0.3 is 0 Å². The van der Waals surface area contributed by atoms with Crippen LogP contribution in [0, 0.1) is 13.8 Å². The number of ether oxygens (including phenoxy) is 1. The zero-order valence-corrected chi connectivity index (χ0v) is 17.8. The monoisotopic (exact) mass is 423 g/mol. The van der Waals surface area contributed by atoms with Crippen molar-refractivity contribution < 1.29 is 21.6 Å². The van der Waals surface area contributed by atoms with Crippen molar-refractivity contribution in [2.24, 2.45) is 0 Å². The van der Waals surface area contributed by atoms with E-state index < -0.39 is 31.2 Å². The molecule has 0 radical (unpaired) electrons. The molecular weight excluding hydrogens is 398 g/mol. The van der Waals surface area contributed by atoms with Gasteiger partial charge in [0.05, 0.1) is 9.79 Å². The first-order valence-electron chi connectivity index (χ1n) is 9.10. The molecule has 6 nitrogen and oxygen atoms in total. The van der Waals surface area contributed by atoms with Crippen LogP contribution < -0.4 is 10.1 Å². The molecule has 1 heterocycles. The molecule has 0 amide bonds. The third kappa shape index (κ3) is 4.39. The van der Waals surface area contributed by atoms with E-state index in [-0.39, 0.29) is 9.79 Å². The Balaban J connectivity index is 1.91. The zero-order chi connectivity index (χ0) is 20.5. The van der Waals surface area contributed by atoms with Gasteiger partial charge in [-0.05, 0) is 74.7 Å². The third-order valence-corrected chi connectivity index (χ3v) is 8.26. The molecule has 0 saturated carbocycles. The number of piperidine rings is 1. The van der Waals surface area contributed by atoms with Gasteiger partial charge in [0.2, 0.25) is 0 Å². The van der Waals surface area contributed by atoms with Crippen LogP contribution in [0.25, 0.3) is 0 Å². The zero-order valence-electron chi connectivity index (χ0n) is 16.2. The van der Waals surface area contributed by atoms with Crippen molar-refractivity contribution >= 4 is 19.7 Å². The second-order valence-electron chi connectivity index (χ2n) is 7.23. The average Bonchev–Trinajstić information content (AvgIpc) is 2.64. The molecule has 2 aromatic rings. The van der Waals surface area contributed by atoms with Gasteiger partial charge in [-0.3, -0.25) is 5.32 Å². The highest BCUT2D eigenvalue weighted by molar-refractivity contribution is 7.92. The summed E-state index contributed by atoms with van der Waals surface area (Å²) in [5.74, 6) is 0.659. The molecule has 1 fully saturated rings. The first-order valence-corrected chi connectivity index (χ1v) is 12.5. The van der Waals surface area contributed by atoms with Crippen molar-refractivity contribution in [3.63, 3.8) is 0 Å². The van der Waals surface area contributed by atoms with Gasteiger partial charge in [0.1, 0.15) is 11.0 Å². The molecule has 1 saturated heterocycles. The molecule has 2 unspecified atom stereocenters. The van der Waals surface area contributed by atoms with Gasteiger partial charge in [0.25, 0.3) is 0 Å². The number of rotatable bonds is 5. The number of nitrogens with one attached hydrogen (secondary N) is 1. The highest BCUT2D eigenvalue weighted by atomic mass is 32.2. The second-order valence-corrected chi connectivity index (χ2v) is 11.4. The van der Waals surface area contributed by atoms with Crippen molar-refractivity contribution in [3.8, 4) is 5.75 Å². The Hall–Kier alpha value is -1.90. The summed E-state index contributed by atoms with van der Waals surface area (Å²) < 4.78 is 55.8. The van der Waals surface area contributed by atoms with Crippen molar-refractivity contribution in [1.29, 1.82) is 0 Å². The predicted molar refractivity (Wildman–Crippen MR) is 108 cm³/mol. The molecule has 3 rings (SSSR count). The third-order valence-electron chi connectivity index (χ3n) is 4.93. The lowest BCUT2D eigenvalue weighted by atomic mass is 10.1. The summed E-state index contributed by atoms with van der Waals surface area (Å²) in [7, 11) is -7.08. The van der Waals surface area contributed by atoms with Crippen LogP contribution in [-0.4, -0.2) is 41.1 Å². The fourth-order valence-electron chi connectivity index (χ4n) is 3.29. The minimum Gasteiger partial charge on any atom is -0.474 e. The summed E-state index contributed by atoms with van der Waals surface area (Å²) in [6.45, 7) is 4.55. The average molecular weight is 424 g/mol. The topological polar surface area (TPSA) is 89.5 Å². The van der Waals surface area contributed by atoms with Crippen molar-refractivity contribution in [1.82, 2.24) is 5.32 Å². The van der Waals surface area contributed by atoms with E-state index in [1.807, 2.05) is 32.0 Å². The highest BCUT2D eigenvalue weighted by Crippen LogP contribution is 2.29. The number of hydrogen-bond donors (Lipinski definition) is 1. The highest BCUT2D eigenvalue weighted by Gasteiger charge is 2.38. The van der Waals surface area contributed by atoms with Crippen molar-refractivity contribution in [2.75, 3.05) is 12.8 Å². The summed E-state index contributed by atoms with van der Waals surface area (Å²) >= 11 is 0. The lowest BCUT2D eigenvalue weighted by molar-refractivity contribution is 0.134. The van der Waals surface area contributed by atoms with Gasteiger partial charge in [0, 0.05) is 6.26 Å². The number of benzene rings is 2. The maximum Gasteiger partial charge on any atom is 0.186 e. The van der Waals surface area contributed by atoms with E-state index >= 15 is 0 Å². The van der Waals surface area contributed by atoms with E-state index in [2.05, 4.69) is 5.32 Å². The molecule has 2 atom stereocenters. The first kappa shape index (κ1) is 20.8. The second kappa shape index (κ2) is 7.85. The van der Waals surface area contributed by atoms with Gasteiger partial charge < -0.3 is 4.74 Å². The summed E-state index contributed by atoms with van der Waals surface area (Å²) in [5.41, 5.74) is 1.97. The Morgan fingerprint density at radius 2 is 1.61 bits per heavy atom. The standard InChI is InChI=1S/C20H25NO5S2/c1-14-6-7-15(2)18(13-14)26-20-19(5-4-12-21-20)28(24,25)17-10-8-16(9-11-17)27(3,22)23/h6-11,13,19-21H,4-5,12H2,1-3H3. The van der Waals surface area contributed by atoms with Crippen LogP contribution in [0.5, 0.6) is 5.75 Å².